The minimum atomic E-state index is -1.67. The zero-order valence-corrected chi connectivity index (χ0v) is 51.2. The van der Waals surface area contributed by atoms with Gasteiger partial charge in [0.1, 0.15) is 36.6 Å². The number of carbonyl (C=O) groups is 1. The van der Waals surface area contributed by atoms with Crippen LogP contribution in [-0.2, 0) is 14.3 Å². The highest BCUT2D eigenvalue weighted by Gasteiger charge is 2.44. The van der Waals surface area contributed by atoms with E-state index < -0.39 is 74.2 Å². The molecule has 0 saturated carbocycles. The van der Waals surface area contributed by atoms with E-state index in [1.807, 2.05) is 0 Å². The second-order valence-electron chi connectivity index (χ2n) is 24.3. The van der Waals surface area contributed by atoms with Crippen molar-refractivity contribution in [3.05, 3.63) is 12.2 Å². The highest BCUT2D eigenvalue weighted by Crippen LogP contribution is 2.24. The maximum Gasteiger partial charge on any atom is 0.249 e. The molecule has 0 aliphatic carbocycles. The fourth-order valence-electron chi connectivity index (χ4n) is 11.3. The minimum Gasteiger partial charge on any atom is -0.394 e. The maximum absolute atomic E-state index is 13.2. The molecule has 9 atom stereocenters. The molecule has 1 rings (SSSR count). The molecule has 464 valence electrons. The Hall–Kier alpha value is -1.15. The van der Waals surface area contributed by atoms with Gasteiger partial charge in [0, 0.05) is 0 Å². The number of hydrogen-bond donors (Lipinski definition) is 8. The number of allylic oxidation sites excluding steroid dienone is 2. The Morgan fingerprint density at radius 3 is 1.10 bits per heavy atom. The van der Waals surface area contributed by atoms with E-state index >= 15 is 0 Å². The van der Waals surface area contributed by atoms with Crippen LogP contribution in [0.1, 0.15) is 341 Å². The maximum atomic E-state index is 13.2. The number of amides is 1. The van der Waals surface area contributed by atoms with E-state index in [4.69, 9.17) is 9.47 Å². The summed E-state index contributed by atoms with van der Waals surface area (Å²) < 4.78 is 11.2. The number of unbranched alkanes of at least 4 members (excludes halogenated alkanes) is 46. The predicted octanol–water partition coefficient (Wildman–Crippen LogP) is 15.9. The normalized spacial score (nSPS) is 19.4. The molecule has 0 aromatic carbocycles. The Morgan fingerprint density at radius 2 is 0.756 bits per heavy atom. The number of ether oxygens (including phenoxy) is 2. The van der Waals surface area contributed by atoms with Gasteiger partial charge < -0.3 is 50.5 Å². The second kappa shape index (κ2) is 56.3. The van der Waals surface area contributed by atoms with Crippen molar-refractivity contribution < 1.29 is 50.0 Å². The molecule has 78 heavy (non-hydrogen) atoms. The Labute approximate surface area is 481 Å². The van der Waals surface area contributed by atoms with Crippen molar-refractivity contribution in [2.45, 2.75) is 396 Å². The zero-order chi connectivity index (χ0) is 56.8. The van der Waals surface area contributed by atoms with Gasteiger partial charge in [-0.15, -0.1) is 0 Å². The van der Waals surface area contributed by atoms with Crippen LogP contribution in [0.15, 0.2) is 12.2 Å². The first-order chi connectivity index (χ1) is 38.2. The van der Waals surface area contributed by atoms with Crippen LogP contribution >= 0.6 is 0 Å². The van der Waals surface area contributed by atoms with Crippen LogP contribution in [0.4, 0.5) is 0 Å². The molecule has 8 N–H and O–H groups in total. The Balaban J connectivity index is 2.22. The molecule has 11 heteroatoms. The molecule has 11 nitrogen and oxygen atoms in total. The summed E-state index contributed by atoms with van der Waals surface area (Å²) in [4.78, 5) is 13.2. The summed E-state index contributed by atoms with van der Waals surface area (Å²) >= 11 is 0. The lowest BCUT2D eigenvalue weighted by Crippen LogP contribution is -2.60. The van der Waals surface area contributed by atoms with Crippen molar-refractivity contribution in [1.82, 2.24) is 5.32 Å². The summed E-state index contributed by atoms with van der Waals surface area (Å²) in [5, 5.41) is 76.4. The topological polar surface area (TPSA) is 189 Å². The minimum absolute atomic E-state index is 0.260. The van der Waals surface area contributed by atoms with Crippen LogP contribution in [0.2, 0.25) is 0 Å². The van der Waals surface area contributed by atoms with Crippen molar-refractivity contribution in [1.29, 1.82) is 0 Å². The van der Waals surface area contributed by atoms with Crippen LogP contribution < -0.4 is 5.32 Å². The average molecular weight is 1110 g/mol. The Morgan fingerprint density at radius 1 is 0.436 bits per heavy atom. The SMILES string of the molecule is CCCCCCCCCCCCCCCCCCCC/C=C/CCCC(O)C(O)C(COC1OC(CO)C(O)C(O)C1O)NC(=O)C(O)CCCCCCCCCCCCCCCCCCCCCCCCCCCCCC. The lowest BCUT2D eigenvalue weighted by molar-refractivity contribution is -0.303. The number of carbonyl (C=O) groups excluding carboxylic acids is 1. The molecule has 1 aliphatic heterocycles. The zero-order valence-electron chi connectivity index (χ0n) is 51.2. The average Bonchev–Trinajstić information content (AvgIpc) is 3.46. The van der Waals surface area contributed by atoms with Crippen LogP contribution in [0.25, 0.3) is 0 Å². The quantitative estimate of drug-likeness (QED) is 0.0215. The monoisotopic (exact) mass is 1110 g/mol. The summed E-state index contributed by atoms with van der Waals surface area (Å²) in [5.41, 5.74) is 0. The van der Waals surface area contributed by atoms with Crippen molar-refractivity contribution in [3.8, 4) is 0 Å². The van der Waals surface area contributed by atoms with E-state index in [0.717, 1.165) is 38.5 Å². The summed E-state index contributed by atoms with van der Waals surface area (Å²) in [5.74, 6) is -0.698. The van der Waals surface area contributed by atoms with Crippen molar-refractivity contribution in [3.63, 3.8) is 0 Å². The summed E-state index contributed by atoms with van der Waals surface area (Å²) in [6.45, 7) is 3.50. The smallest absolute Gasteiger partial charge is 0.249 e. The van der Waals surface area contributed by atoms with Gasteiger partial charge in [0.05, 0.1) is 25.4 Å². The van der Waals surface area contributed by atoms with Gasteiger partial charge >= 0.3 is 0 Å². The molecule has 0 aromatic heterocycles. The fourth-order valence-corrected chi connectivity index (χ4v) is 11.3. The predicted molar refractivity (Wildman–Crippen MR) is 326 cm³/mol. The summed E-state index contributed by atoms with van der Waals surface area (Å²) in [6, 6.07) is -1.18. The first-order valence-corrected chi connectivity index (χ1v) is 34.1. The number of aliphatic hydroxyl groups excluding tert-OH is 7. The van der Waals surface area contributed by atoms with Crippen LogP contribution in [0.3, 0.4) is 0 Å². The molecule has 0 radical (unpaired) electrons. The van der Waals surface area contributed by atoms with Gasteiger partial charge in [-0.05, 0) is 38.5 Å². The largest absolute Gasteiger partial charge is 0.394 e. The Kier molecular flexibility index (Phi) is 54.1. The molecule has 1 aliphatic rings. The number of hydrogen-bond acceptors (Lipinski definition) is 10. The van der Waals surface area contributed by atoms with Gasteiger partial charge in [-0.1, -0.05) is 315 Å². The standard InChI is InChI=1S/C67H131NO10/c1-3-5-7-9-11-13-15-17-19-21-23-25-27-28-29-30-31-33-35-37-39-41-43-45-47-49-51-53-55-60(71)66(76)68-58(57-77-67-65(75)64(74)63(73)61(56-69)78-67)62(72)59(70)54-52-50-48-46-44-42-40-38-36-34-32-26-24-22-20-18-16-14-12-10-8-6-4-2/h46,48,58-65,67,69-75H,3-45,47,49-57H2,1-2H3,(H,68,76)/b48-46+. The van der Waals surface area contributed by atoms with Crippen molar-refractivity contribution in [2.24, 2.45) is 0 Å². The molecule has 1 saturated heterocycles. The van der Waals surface area contributed by atoms with E-state index in [2.05, 4.69) is 31.3 Å². The molecule has 9 unspecified atom stereocenters. The molecular formula is C67H131NO10. The fraction of sp³-hybridized carbons (Fsp3) is 0.955. The van der Waals surface area contributed by atoms with Gasteiger partial charge in [-0.2, -0.15) is 0 Å². The third-order valence-electron chi connectivity index (χ3n) is 16.8. The van der Waals surface area contributed by atoms with Gasteiger partial charge in [-0.3, -0.25) is 4.79 Å². The number of rotatable bonds is 60. The third-order valence-corrected chi connectivity index (χ3v) is 16.8. The van der Waals surface area contributed by atoms with Gasteiger partial charge in [0.15, 0.2) is 6.29 Å². The lowest BCUT2D eigenvalue weighted by Gasteiger charge is -2.40. The van der Waals surface area contributed by atoms with Crippen LogP contribution in [-0.4, -0.2) is 110 Å². The highest BCUT2D eigenvalue weighted by molar-refractivity contribution is 5.80. The van der Waals surface area contributed by atoms with Gasteiger partial charge in [-0.25, -0.2) is 0 Å². The van der Waals surface area contributed by atoms with Crippen LogP contribution in [0.5, 0.6) is 0 Å². The number of aliphatic hydroxyl groups is 7. The molecule has 1 fully saturated rings. The summed E-state index contributed by atoms with van der Waals surface area (Å²) in [6.07, 6.45) is 57.2. The molecule has 0 bridgehead atoms. The highest BCUT2D eigenvalue weighted by atomic mass is 16.7. The van der Waals surface area contributed by atoms with Crippen molar-refractivity contribution >= 4 is 5.91 Å². The van der Waals surface area contributed by atoms with E-state index in [0.29, 0.717) is 12.8 Å². The van der Waals surface area contributed by atoms with Crippen LogP contribution in [0, 0.1) is 0 Å². The van der Waals surface area contributed by atoms with E-state index in [1.54, 1.807) is 0 Å². The molecule has 1 heterocycles. The second-order valence-corrected chi connectivity index (χ2v) is 24.3. The van der Waals surface area contributed by atoms with E-state index in [9.17, 15) is 40.5 Å². The third kappa shape index (κ3) is 43.5. The first kappa shape index (κ1) is 74.9. The molecule has 0 aromatic rings. The molecule has 1 amide bonds. The molecular weight excluding hydrogens is 979 g/mol. The first-order valence-electron chi connectivity index (χ1n) is 34.1. The van der Waals surface area contributed by atoms with E-state index in [-0.39, 0.29) is 12.8 Å². The van der Waals surface area contributed by atoms with E-state index in [1.165, 1.54) is 263 Å². The van der Waals surface area contributed by atoms with Gasteiger partial charge in [0.2, 0.25) is 5.91 Å². The lowest BCUT2D eigenvalue weighted by atomic mass is 9.98. The van der Waals surface area contributed by atoms with Gasteiger partial charge in [0.25, 0.3) is 0 Å². The van der Waals surface area contributed by atoms with Crippen molar-refractivity contribution in [2.75, 3.05) is 13.2 Å². The molecule has 0 spiro atoms. The Bertz CT molecular complexity index is 1270. The summed E-state index contributed by atoms with van der Waals surface area (Å²) in [7, 11) is 0. The number of nitrogens with one attached hydrogen (secondary N) is 1.